The molecule has 0 amide bonds. The van der Waals surface area contributed by atoms with Crippen LogP contribution in [0.5, 0.6) is 0 Å². The van der Waals surface area contributed by atoms with Crippen molar-refractivity contribution in [3.05, 3.63) is 45.6 Å². The van der Waals surface area contributed by atoms with Crippen LogP contribution in [0.15, 0.2) is 29.4 Å². The topological polar surface area (TPSA) is 87.0 Å². The van der Waals surface area contributed by atoms with Crippen LogP contribution in [0.25, 0.3) is 5.13 Å². The first-order valence-corrected chi connectivity index (χ1v) is 8.52. The molecule has 0 unspecified atom stereocenters. The van der Waals surface area contributed by atoms with Crippen molar-refractivity contribution in [2.24, 2.45) is 0 Å². The summed E-state index contributed by atoms with van der Waals surface area (Å²) < 4.78 is 6.51. The van der Waals surface area contributed by atoms with E-state index in [2.05, 4.69) is 15.1 Å². The number of hydrogen-bond donors (Lipinski definition) is 0. The van der Waals surface area contributed by atoms with Crippen molar-refractivity contribution in [1.29, 1.82) is 0 Å². The van der Waals surface area contributed by atoms with E-state index in [4.69, 9.17) is 4.74 Å². The van der Waals surface area contributed by atoms with Gasteiger partial charge in [-0.25, -0.2) is 19.4 Å². The molecule has 0 aliphatic heterocycles. The molecule has 9 heteroatoms. The molecular weight excluding hydrogens is 336 g/mol. The number of thiazole rings is 2. The van der Waals surface area contributed by atoms with Gasteiger partial charge in [0.25, 0.3) is 0 Å². The Balaban J connectivity index is 1.63. The Hall–Kier alpha value is -2.39. The number of rotatable bonds is 6. The normalized spacial score (nSPS) is 10.7. The van der Waals surface area contributed by atoms with Crippen molar-refractivity contribution in [2.75, 3.05) is 6.61 Å². The minimum absolute atomic E-state index is 0.269. The van der Waals surface area contributed by atoms with Crippen molar-refractivity contribution >= 4 is 34.4 Å². The van der Waals surface area contributed by atoms with Gasteiger partial charge in [0.1, 0.15) is 0 Å². The van der Waals surface area contributed by atoms with Crippen LogP contribution in [-0.4, -0.2) is 38.1 Å². The van der Waals surface area contributed by atoms with Crippen LogP contribution in [0.2, 0.25) is 0 Å². The summed E-state index contributed by atoms with van der Waals surface area (Å²) in [6, 6.07) is 0. The van der Waals surface area contributed by atoms with Crippen molar-refractivity contribution in [1.82, 2.24) is 19.7 Å². The van der Waals surface area contributed by atoms with Crippen LogP contribution in [-0.2, 0) is 11.2 Å². The second kappa shape index (κ2) is 6.80. The lowest BCUT2D eigenvalue weighted by atomic mass is 10.4. The maximum absolute atomic E-state index is 12.0. The summed E-state index contributed by atoms with van der Waals surface area (Å²) in [4.78, 5) is 32.0. The predicted molar refractivity (Wildman–Crippen MR) is 85.3 cm³/mol. The second-order valence-electron chi connectivity index (χ2n) is 4.49. The Labute approximate surface area is 139 Å². The first-order valence-electron chi connectivity index (χ1n) is 6.76. The van der Waals surface area contributed by atoms with E-state index in [1.807, 2.05) is 12.3 Å². The molecule has 0 saturated heterocycles. The fourth-order valence-corrected chi connectivity index (χ4v) is 3.14. The van der Waals surface area contributed by atoms with Gasteiger partial charge in [0, 0.05) is 23.2 Å². The molecule has 0 aromatic carbocycles. The number of hydrogen-bond acceptors (Lipinski definition) is 8. The Kier molecular flexibility index (Phi) is 4.58. The first kappa shape index (κ1) is 15.5. The van der Waals surface area contributed by atoms with Crippen LogP contribution in [0.3, 0.4) is 0 Å². The smallest absolute Gasteiger partial charge is 0.341 e. The van der Waals surface area contributed by atoms with Crippen LogP contribution in [0.1, 0.15) is 32.8 Å². The van der Waals surface area contributed by atoms with Crippen LogP contribution < -0.4 is 0 Å². The van der Waals surface area contributed by atoms with E-state index in [9.17, 15) is 9.59 Å². The number of ether oxygens (including phenoxy) is 1. The highest BCUT2D eigenvalue weighted by Crippen LogP contribution is 2.15. The van der Waals surface area contributed by atoms with Gasteiger partial charge in [-0.1, -0.05) is 6.92 Å². The molecule has 0 aliphatic carbocycles. The van der Waals surface area contributed by atoms with Gasteiger partial charge in [-0.05, 0) is 6.42 Å². The highest BCUT2D eigenvalue weighted by atomic mass is 32.1. The summed E-state index contributed by atoms with van der Waals surface area (Å²) in [5, 5.41) is 8.74. The number of carbonyl (C=O) groups is 2. The van der Waals surface area contributed by atoms with Gasteiger partial charge < -0.3 is 4.74 Å². The molecule has 0 atom stereocenters. The van der Waals surface area contributed by atoms with Gasteiger partial charge in [0.05, 0.1) is 17.5 Å². The van der Waals surface area contributed by atoms with Gasteiger partial charge in [-0.15, -0.1) is 22.7 Å². The Morgan fingerprint density at radius 1 is 1.35 bits per heavy atom. The van der Waals surface area contributed by atoms with E-state index in [0.29, 0.717) is 10.1 Å². The molecule has 0 bridgehead atoms. The molecule has 23 heavy (non-hydrogen) atoms. The Bertz CT molecular complexity index is 823. The fourth-order valence-electron chi connectivity index (χ4n) is 1.73. The molecule has 0 spiro atoms. The minimum atomic E-state index is -0.603. The number of esters is 1. The zero-order valence-electron chi connectivity index (χ0n) is 12.1. The standard InChI is InChI=1S/C14H12N4O3S2/c1-2-10-8-23-14(17-10)18-6-9(5-16-18)13(20)21-7-11(19)12-15-3-4-22-12/h3-6,8H,2,7H2,1H3. The quantitative estimate of drug-likeness (QED) is 0.502. The molecule has 3 aromatic rings. The SMILES string of the molecule is CCc1csc(-n2cc(C(=O)OCC(=O)c3nccs3)cn2)n1. The maximum Gasteiger partial charge on any atom is 0.341 e. The fraction of sp³-hybridized carbons (Fsp3) is 0.214. The highest BCUT2D eigenvalue weighted by molar-refractivity contribution is 7.12. The number of nitrogens with zero attached hydrogens (tertiary/aromatic N) is 4. The number of Topliss-reactive ketones (excluding diaryl/α,β-unsaturated/α-hetero) is 1. The van der Waals surface area contributed by atoms with E-state index in [0.717, 1.165) is 12.1 Å². The zero-order valence-corrected chi connectivity index (χ0v) is 13.8. The third-order valence-corrected chi connectivity index (χ3v) is 4.61. The predicted octanol–water partition coefficient (Wildman–Crippen LogP) is 2.39. The van der Waals surface area contributed by atoms with Gasteiger partial charge in [-0.3, -0.25) is 4.79 Å². The lowest BCUT2D eigenvalue weighted by molar-refractivity contribution is 0.0474. The summed E-state index contributed by atoms with van der Waals surface area (Å²) in [5.74, 6) is -0.929. The molecule has 7 nitrogen and oxygen atoms in total. The monoisotopic (exact) mass is 348 g/mol. The summed E-state index contributed by atoms with van der Waals surface area (Å²) in [6.45, 7) is 1.68. The van der Waals surface area contributed by atoms with Gasteiger partial charge in [0.2, 0.25) is 10.9 Å². The summed E-state index contributed by atoms with van der Waals surface area (Å²) in [5.41, 5.74) is 1.24. The van der Waals surface area contributed by atoms with Crippen molar-refractivity contribution in [2.45, 2.75) is 13.3 Å². The number of aromatic nitrogens is 4. The van der Waals surface area contributed by atoms with Crippen molar-refractivity contribution in [3.8, 4) is 5.13 Å². The lowest BCUT2D eigenvalue weighted by Gasteiger charge is -2.00. The molecule has 3 rings (SSSR count). The first-order chi connectivity index (χ1) is 11.2. The van der Waals surface area contributed by atoms with Gasteiger partial charge in [0.15, 0.2) is 11.6 Å². The van der Waals surface area contributed by atoms with E-state index >= 15 is 0 Å². The molecule has 0 aliphatic rings. The van der Waals surface area contributed by atoms with Crippen LogP contribution in [0, 0.1) is 0 Å². The van der Waals surface area contributed by atoms with Crippen molar-refractivity contribution in [3.63, 3.8) is 0 Å². The zero-order chi connectivity index (χ0) is 16.2. The van der Waals surface area contributed by atoms with Gasteiger partial charge >= 0.3 is 5.97 Å². The molecule has 0 radical (unpaired) electrons. The molecule has 3 aromatic heterocycles. The van der Waals surface area contributed by atoms with Crippen molar-refractivity contribution < 1.29 is 14.3 Å². The third-order valence-electron chi connectivity index (χ3n) is 2.92. The summed E-state index contributed by atoms with van der Waals surface area (Å²) >= 11 is 2.65. The van der Waals surface area contributed by atoms with E-state index < -0.39 is 5.97 Å². The Morgan fingerprint density at radius 3 is 2.91 bits per heavy atom. The van der Waals surface area contributed by atoms with E-state index in [1.165, 1.54) is 45.9 Å². The Morgan fingerprint density at radius 2 is 2.22 bits per heavy atom. The number of aryl methyl sites for hydroxylation is 1. The second-order valence-corrected chi connectivity index (χ2v) is 6.22. The van der Waals surface area contributed by atoms with Crippen LogP contribution >= 0.6 is 22.7 Å². The van der Waals surface area contributed by atoms with Crippen LogP contribution in [0.4, 0.5) is 0 Å². The summed E-state index contributed by atoms with van der Waals surface area (Å²) in [6.07, 6.45) is 5.30. The molecule has 0 saturated carbocycles. The largest absolute Gasteiger partial charge is 0.454 e. The lowest BCUT2D eigenvalue weighted by Crippen LogP contribution is -2.13. The summed E-state index contributed by atoms with van der Waals surface area (Å²) in [7, 11) is 0. The number of carbonyl (C=O) groups excluding carboxylic acids is 2. The maximum atomic E-state index is 12.0. The average Bonchev–Trinajstić information content (AvgIpc) is 3.32. The molecule has 0 N–H and O–H groups in total. The molecule has 3 heterocycles. The molecule has 0 fully saturated rings. The number of ketones is 1. The van der Waals surface area contributed by atoms with E-state index in [1.54, 1.807) is 5.38 Å². The van der Waals surface area contributed by atoms with E-state index in [-0.39, 0.29) is 18.0 Å². The van der Waals surface area contributed by atoms with Gasteiger partial charge in [-0.2, -0.15) is 5.10 Å². The third kappa shape index (κ3) is 3.51. The molecular formula is C14H12N4O3S2. The highest BCUT2D eigenvalue weighted by Gasteiger charge is 2.16. The molecule has 118 valence electrons. The average molecular weight is 348 g/mol. The minimum Gasteiger partial charge on any atom is -0.454 e.